The number of carbonyl (C=O) groups excluding carboxylic acids is 1. The number of pyridine rings is 2. The molecule has 0 saturated heterocycles. The van der Waals surface area contributed by atoms with Gasteiger partial charge < -0.3 is 34.4 Å². The minimum Gasteiger partial charge on any atom is -0.465 e. The Hall–Kier alpha value is -4.45. The van der Waals surface area contributed by atoms with Crippen LogP contribution in [0.25, 0.3) is 22.3 Å². The third-order valence-electron chi connectivity index (χ3n) is 8.11. The maximum Gasteiger partial charge on any atom is 0.407 e. The number of esters is 1. The second kappa shape index (κ2) is 9.63. The molecule has 2 aliphatic rings. The standard InChI is InChI=1S/C28H30N4O8/c1-5-15-16-9-14(22(31(4)27(37)38)12-30(3)26(35)36)7-8-20(16)29-23-17(15)11-32-21(23)10-19-18(24(32)33)13-40-25(34)28(19,39)6-2/h7-10,22,39H,5-6,11-13H2,1-4H3,(H,35,36)(H,37,38). The number of hydrogen-bond donors (Lipinski definition) is 3. The maximum atomic E-state index is 13.5. The predicted octanol–water partition coefficient (Wildman–Crippen LogP) is 2.90. The summed E-state index contributed by atoms with van der Waals surface area (Å²) in [5.74, 6) is -0.784. The number of aliphatic hydroxyl groups is 1. The monoisotopic (exact) mass is 550 g/mol. The number of benzene rings is 1. The van der Waals surface area contributed by atoms with Crippen LogP contribution < -0.4 is 5.56 Å². The third kappa shape index (κ3) is 3.98. The number of ether oxygens (including phenoxy) is 1. The molecule has 12 nitrogen and oxygen atoms in total. The highest BCUT2D eigenvalue weighted by Gasteiger charge is 2.45. The molecule has 40 heavy (non-hydrogen) atoms. The largest absolute Gasteiger partial charge is 0.465 e. The van der Waals surface area contributed by atoms with E-state index < -0.39 is 29.8 Å². The zero-order valence-electron chi connectivity index (χ0n) is 22.6. The fraction of sp³-hybridized carbons (Fsp3) is 0.393. The van der Waals surface area contributed by atoms with Crippen LogP contribution in [0.4, 0.5) is 9.59 Å². The van der Waals surface area contributed by atoms with E-state index in [9.17, 15) is 34.5 Å². The summed E-state index contributed by atoms with van der Waals surface area (Å²) >= 11 is 0. The second-order valence-electron chi connectivity index (χ2n) is 10.2. The van der Waals surface area contributed by atoms with Crippen LogP contribution in [0.1, 0.15) is 54.1 Å². The number of fused-ring (bicyclic) bond motifs is 5. The van der Waals surface area contributed by atoms with Crippen LogP contribution in [0.3, 0.4) is 0 Å². The lowest BCUT2D eigenvalue weighted by Crippen LogP contribution is -2.44. The van der Waals surface area contributed by atoms with Gasteiger partial charge in [0.15, 0.2) is 5.60 Å². The van der Waals surface area contributed by atoms with Crippen molar-refractivity contribution in [3.63, 3.8) is 0 Å². The Kier molecular flexibility index (Phi) is 6.53. The Bertz CT molecular complexity index is 1650. The first-order valence-corrected chi connectivity index (χ1v) is 12.9. The first-order valence-electron chi connectivity index (χ1n) is 12.9. The Morgan fingerprint density at radius 1 is 1.12 bits per heavy atom. The van der Waals surface area contributed by atoms with Crippen molar-refractivity contribution in [1.82, 2.24) is 19.4 Å². The van der Waals surface area contributed by atoms with E-state index in [1.54, 1.807) is 29.7 Å². The number of carbonyl (C=O) groups is 3. The molecule has 0 bridgehead atoms. The fourth-order valence-electron chi connectivity index (χ4n) is 5.71. The van der Waals surface area contributed by atoms with Gasteiger partial charge in [0.05, 0.1) is 35.1 Å². The number of nitrogens with zero attached hydrogens (tertiary/aromatic N) is 4. The van der Waals surface area contributed by atoms with E-state index >= 15 is 0 Å². The van der Waals surface area contributed by atoms with Crippen LogP contribution in [-0.4, -0.2) is 73.5 Å². The average molecular weight is 551 g/mol. The van der Waals surface area contributed by atoms with Gasteiger partial charge in [0.1, 0.15) is 6.61 Å². The molecule has 2 amide bonds. The van der Waals surface area contributed by atoms with E-state index in [-0.39, 0.29) is 42.8 Å². The molecule has 0 aliphatic carbocycles. The highest BCUT2D eigenvalue weighted by Crippen LogP contribution is 2.40. The lowest BCUT2D eigenvalue weighted by atomic mass is 9.86. The zero-order valence-corrected chi connectivity index (χ0v) is 22.6. The van der Waals surface area contributed by atoms with Gasteiger partial charge in [-0.2, -0.15) is 0 Å². The van der Waals surface area contributed by atoms with Gasteiger partial charge in [-0.25, -0.2) is 19.4 Å². The molecule has 2 aromatic heterocycles. The van der Waals surface area contributed by atoms with Gasteiger partial charge >= 0.3 is 18.2 Å². The van der Waals surface area contributed by atoms with E-state index in [1.807, 2.05) is 13.0 Å². The molecule has 2 unspecified atom stereocenters. The summed E-state index contributed by atoms with van der Waals surface area (Å²) in [6.07, 6.45) is -1.74. The maximum absolute atomic E-state index is 13.5. The van der Waals surface area contributed by atoms with Crippen LogP contribution >= 0.6 is 0 Å². The highest BCUT2D eigenvalue weighted by molar-refractivity contribution is 5.89. The molecule has 12 heteroatoms. The summed E-state index contributed by atoms with van der Waals surface area (Å²) in [7, 11) is 2.77. The van der Waals surface area contributed by atoms with Gasteiger partial charge in [-0.1, -0.05) is 19.9 Å². The quantitative estimate of drug-likeness (QED) is 0.306. The average Bonchev–Trinajstić information content (AvgIpc) is 3.30. The normalized spacial score (nSPS) is 18.0. The van der Waals surface area contributed by atoms with Crippen molar-refractivity contribution in [3.05, 3.63) is 62.4 Å². The van der Waals surface area contributed by atoms with Crippen molar-refractivity contribution in [2.24, 2.45) is 0 Å². The SMILES string of the molecule is CCc1c2c(nc3ccc(C(CN(C)C(=O)O)N(C)C(=O)O)cc13)-c1cc3c(c(=O)n1C2)COC(=O)C3(O)CC. The number of cyclic esters (lactones) is 1. The Balaban J connectivity index is 1.68. The number of carboxylic acid groups (broad SMARTS) is 2. The Morgan fingerprint density at radius 3 is 2.48 bits per heavy atom. The fourth-order valence-corrected chi connectivity index (χ4v) is 5.71. The van der Waals surface area contributed by atoms with Gasteiger partial charge in [0, 0.05) is 37.2 Å². The predicted molar refractivity (Wildman–Crippen MR) is 143 cm³/mol. The lowest BCUT2D eigenvalue weighted by Gasteiger charge is -2.31. The molecule has 5 rings (SSSR count). The topological polar surface area (TPSA) is 163 Å². The summed E-state index contributed by atoms with van der Waals surface area (Å²) in [6.45, 7) is 3.58. The van der Waals surface area contributed by atoms with E-state index in [1.165, 1.54) is 14.1 Å². The number of aromatic nitrogens is 2. The van der Waals surface area contributed by atoms with Crippen LogP contribution in [0.5, 0.6) is 0 Å². The van der Waals surface area contributed by atoms with Crippen molar-refractivity contribution in [1.29, 1.82) is 0 Å². The molecule has 0 saturated carbocycles. The van der Waals surface area contributed by atoms with Crippen LogP contribution in [0.15, 0.2) is 29.1 Å². The highest BCUT2D eigenvalue weighted by atomic mass is 16.6. The Labute approximate surface area is 229 Å². The number of likely N-dealkylation sites (N-methyl/N-ethyl adjacent to an activating group) is 2. The Morgan fingerprint density at radius 2 is 1.85 bits per heavy atom. The molecule has 0 radical (unpaired) electrons. The molecule has 1 aromatic carbocycles. The summed E-state index contributed by atoms with van der Waals surface area (Å²) in [5, 5.41) is 30.9. The van der Waals surface area contributed by atoms with Crippen molar-refractivity contribution >= 4 is 29.1 Å². The van der Waals surface area contributed by atoms with Gasteiger partial charge in [0.25, 0.3) is 5.56 Å². The number of amides is 2. The first kappa shape index (κ1) is 27.1. The third-order valence-corrected chi connectivity index (χ3v) is 8.11. The van der Waals surface area contributed by atoms with Gasteiger partial charge in [-0.05, 0) is 42.2 Å². The molecule has 2 atom stereocenters. The summed E-state index contributed by atoms with van der Waals surface area (Å²) in [5.41, 5.74) is 2.27. The van der Waals surface area contributed by atoms with Gasteiger partial charge in [-0.3, -0.25) is 4.79 Å². The number of rotatable bonds is 6. The molecular weight excluding hydrogens is 520 g/mol. The lowest BCUT2D eigenvalue weighted by molar-refractivity contribution is -0.172. The van der Waals surface area contributed by atoms with E-state index in [4.69, 9.17) is 9.72 Å². The minimum atomic E-state index is -1.92. The minimum absolute atomic E-state index is 0.0474. The van der Waals surface area contributed by atoms with E-state index in [2.05, 4.69) is 0 Å². The zero-order chi connectivity index (χ0) is 29.1. The van der Waals surface area contributed by atoms with Crippen molar-refractivity contribution in [2.75, 3.05) is 20.6 Å². The molecule has 0 fully saturated rings. The second-order valence-corrected chi connectivity index (χ2v) is 10.2. The molecule has 3 aromatic rings. The number of hydrogen-bond acceptors (Lipinski definition) is 7. The molecule has 0 spiro atoms. The number of aryl methyl sites for hydroxylation is 1. The van der Waals surface area contributed by atoms with Crippen LogP contribution in [0, 0.1) is 0 Å². The molecule has 2 aliphatic heterocycles. The van der Waals surface area contributed by atoms with E-state index in [0.29, 0.717) is 28.9 Å². The van der Waals surface area contributed by atoms with Gasteiger partial charge in [-0.15, -0.1) is 0 Å². The smallest absolute Gasteiger partial charge is 0.407 e. The summed E-state index contributed by atoms with van der Waals surface area (Å²) in [4.78, 5) is 56.3. The summed E-state index contributed by atoms with van der Waals surface area (Å²) < 4.78 is 6.72. The molecule has 4 heterocycles. The molecular formula is C28H30N4O8. The summed E-state index contributed by atoms with van der Waals surface area (Å²) in [6, 6.07) is 6.21. The molecule has 210 valence electrons. The van der Waals surface area contributed by atoms with Crippen LogP contribution in [0.2, 0.25) is 0 Å². The first-order chi connectivity index (χ1) is 18.9. The molecule has 3 N–H and O–H groups in total. The van der Waals surface area contributed by atoms with Crippen molar-refractivity contribution < 1.29 is 34.4 Å². The van der Waals surface area contributed by atoms with Gasteiger partial charge in [0.2, 0.25) is 0 Å². The van der Waals surface area contributed by atoms with Crippen molar-refractivity contribution in [3.8, 4) is 11.4 Å². The van der Waals surface area contributed by atoms with Crippen molar-refractivity contribution in [2.45, 2.75) is 51.5 Å². The van der Waals surface area contributed by atoms with E-state index in [0.717, 1.165) is 26.3 Å². The van der Waals surface area contributed by atoms with Crippen LogP contribution in [-0.2, 0) is 34.7 Å².